The highest BCUT2D eigenvalue weighted by molar-refractivity contribution is 6.25. The van der Waals surface area contributed by atoms with Gasteiger partial charge in [-0.1, -0.05) is 11.6 Å². The second kappa shape index (κ2) is 6.70. The van der Waals surface area contributed by atoms with Crippen LogP contribution in [0.25, 0.3) is 6.08 Å². The van der Waals surface area contributed by atoms with E-state index >= 15 is 0 Å². The van der Waals surface area contributed by atoms with Crippen LogP contribution in [0.2, 0.25) is 0 Å². The quantitative estimate of drug-likeness (QED) is 0.824. The zero-order valence-electron chi connectivity index (χ0n) is 8.77. The van der Waals surface area contributed by atoms with Crippen molar-refractivity contribution in [1.29, 1.82) is 0 Å². The first-order valence-corrected chi connectivity index (χ1v) is 5.15. The van der Waals surface area contributed by atoms with Crippen LogP contribution in [-0.4, -0.2) is 17.7 Å². The van der Waals surface area contributed by atoms with Gasteiger partial charge in [-0.05, 0) is 29.8 Å². The highest BCUT2D eigenvalue weighted by atomic mass is 35.5. The first-order valence-electron chi connectivity index (χ1n) is 4.71. The van der Waals surface area contributed by atoms with Crippen LogP contribution in [-0.2, 0) is 4.79 Å². The number of hydrogen-bond acceptors (Lipinski definition) is 2. The molecule has 3 nitrogen and oxygen atoms in total. The van der Waals surface area contributed by atoms with Gasteiger partial charge in [0.15, 0.2) is 0 Å². The van der Waals surface area contributed by atoms with Crippen molar-refractivity contribution in [2.45, 2.75) is 0 Å². The summed E-state index contributed by atoms with van der Waals surface area (Å²) in [5.41, 5.74) is 1.71. The molecule has 0 atom stereocenters. The number of ether oxygens (including phenoxy) is 1. The molecule has 0 aliphatic rings. The zero-order valence-corrected chi connectivity index (χ0v) is 9.52. The van der Waals surface area contributed by atoms with E-state index in [4.69, 9.17) is 21.4 Å². The van der Waals surface area contributed by atoms with E-state index in [0.29, 0.717) is 11.3 Å². The van der Waals surface area contributed by atoms with E-state index in [2.05, 4.69) is 0 Å². The first kappa shape index (κ1) is 13.3. The Morgan fingerprint density at radius 3 is 2.88 bits per heavy atom. The SMILES string of the molecule is O=C(O)/C=C/c1cc(F)cc(OC/C=C/Cl)c1. The Bertz CT molecular complexity index is 455. The minimum absolute atomic E-state index is 0.217. The molecule has 0 aliphatic heterocycles. The maximum absolute atomic E-state index is 13.2. The average Bonchev–Trinajstić information content (AvgIpc) is 2.26. The fraction of sp³-hybridized carbons (Fsp3) is 0.0833. The third-order valence-electron chi connectivity index (χ3n) is 1.75. The molecular weight excluding hydrogens is 247 g/mol. The van der Waals surface area contributed by atoms with E-state index < -0.39 is 11.8 Å². The van der Waals surface area contributed by atoms with Crippen molar-refractivity contribution in [2.75, 3.05) is 6.61 Å². The molecule has 17 heavy (non-hydrogen) atoms. The Morgan fingerprint density at radius 2 is 2.24 bits per heavy atom. The smallest absolute Gasteiger partial charge is 0.328 e. The summed E-state index contributed by atoms with van der Waals surface area (Å²) in [6.45, 7) is 0.217. The second-order valence-corrected chi connectivity index (χ2v) is 3.32. The van der Waals surface area contributed by atoms with Gasteiger partial charge in [0.05, 0.1) is 0 Å². The van der Waals surface area contributed by atoms with E-state index in [0.717, 1.165) is 6.08 Å². The number of benzene rings is 1. The van der Waals surface area contributed by atoms with Crippen molar-refractivity contribution in [3.63, 3.8) is 0 Å². The summed E-state index contributed by atoms with van der Waals surface area (Å²) in [4.78, 5) is 10.3. The van der Waals surface area contributed by atoms with E-state index in [9.17, 15) is 9.18 Å². The van der Waals surface area contributed by atoms with Crippen molar-refractivity contribution < 1.29 is 19.0 Å². The van der Waals surface area contributed by atoms with Gasteiger partial charge in [0.25, 0.3) is 0 Å². The molecule has 90 valence electrons. The molecule has 0 radical (unpaired) electrons. The first-order chi connectivity index (χ1) is 8.11. The van der Waals surface area contributed by atoms with E-state index in [1.54, 1.807) is 6.08 Å². The maximum atomic E-state index is 13.2. The van der Waals surface area contributed by atoms with Crippen LogP contribution in [0.5, 0.6) is 5.75 Å². The molecule has 1 N–H and O–H groups in total. The average molecular weight is 257 g/mol. The Morgan fingerprint density at radius 1 is 1.47 bits per heavy atom. The zero-order chi connectivity index (χ0) is 12.7. The van der Waals surface area contributed by atoms with Crippen molar-refractivity contribution in [2.24, 2.45) is 0 Å². The highest BCUT2D eigenvalue weighted by Gasteiger charge is 2.00. The summed E-state index contributed by atoms with van der Waals surface area (Å²) < 4.78 is 18.3. The molecule has 0 saturated heterocycles. The van der Waals surface area contributed by atoms with Gasteiger partial charge in [-0.2, -0.15) is 0 Å². The lowest BCUT2D eigenvalue weighted by Crippen LogP contribution is -1.94. The molecule has 0 unspecified atom stereocenters. The minimum Gasteiger partial charge on any atom is -0.489 e. The van der Waals surface area contributed by atoms with Gasteiger partial charge in [0.2, 0.25) is 0 Å². The number of aliphatic carboxylic acids is 1. The fourth-order valence-corrected chi connectivity index (χ4v) is 1.18. The standard InChI is InChI=1S/C12H10ClFO3/c13-4-1-5-17-11-7-9(2-3-12(15)16)6-10(14)8-11/h1-4,6-8H,5H2,(H,15,16)/b3-2+,4-1+. The van der Waals surface area contributed by atoms with Gasteiger partial charge < -0.3 is 9.84 Å². The summed E-state index contributed by atoms with van der Waals surface area (Å²) in [5, 5.41) is 8.45. The molecule has 0 bridgehead atoms. The molecule has 0 aliphatic carbocycles. The van der Waals surface area contributed by atoms with E-state index in [1.165, 1.54) is 29.8 Å². The lowest BCUT2D eigenvalue weighted by atomic mass is 10.2. The molecule has 5 heteroatoms. The molecule has 0 saturated carbocycles. The molecule has 1 aromatic rings. The lowest BCUT2D eigenvalue weighted by molar-refractivity contribution is -0.131. The van der Waals surface area contributed by atoms with Gasteiger partial charge in [0, 0.05) is 17.7 Å². The predicted molar refractivity (Wildman–Crippen MR) is 63.6 cm³/mol. The van der Waals surface area contributed by atoms with E-state index in [1.807, 2.05) is 0 Å². The summed E-state index contributed by atoms with van der Waals surface area (Å²) in [6, 6.07) is 3.95. The van der Waals surface area contributed by atoms with Gasteiger partial charge in [-0.3, -0.25) is 0 Å². The van der Waals surface area contributed by atoms with Crippen LogP contribution < -0.4 is 4.74 Å². The van der Waals surface area contributed by atoms with Crippen LogP contribution in [0.3, 0.4) is 0 Å². The van der Waals surface area contributed by atoms with E-state index in [-0.39, 0.29) is 6.61 Å². The number of rotatable bonds is 5. The molecule has 0 fully saturated rings. The van der Waals surface area contributed by atoms with Crippen LogP contribution >= 0.6 is 11.6 Å². The Hall–Kier alpha value is -1.81. The number of carboxylic acids is 1. The molecule has 0 aromatic heterocycles. The van der Waals surface area contributed by atoms with Crippen LogP contribution in [0, 0.1) is 5.82 Å². The largest absolute Gasteiger partial charge is 0.489 e. The lowest BCUT2D eigenvalue weighted by Gasteiger charge is -2.04. The highest BCUT2D eigenvalue weighted by Crippen LogP contribution is 2.17. The van der Waals surface area contributed by atoms with Crippen molar-refractivity contribution in [3.8, 4) is 5.75 Å². The second-order valence-electron chi connectivity index (χ2n) is 3.06. The molecule has 0 amide bonds. The fourth-order valence-electron chi connectivity index (χ4n) is 1.11. The van der Waals surface area contributed by atoms with Crippen molar-refractivity contribution >= 4 is 23.6 Å². The van der Waals surface area contributed by atoms with Crippen molar-refractivity contribution in [3.05, 3.63) is 47.3 Å². The molecule has 1 aromatic carbocycles. The topological polar surface area (TPSA) is 46.5 Å². The van der Waals surface area contributed by atoms with Crippen LogP contribution in [0.1, 0.15) is 5.56 Å². The summed E-state index contributed by atoms with van der Waals surface area (Å²) in [7, 11) is 0. The molecule has 0 heterocycles. The number of hydrogen-bond donors (Lipinski definition) is 1. The minimum atomic E-state index is -1.10. The Labute approximate surface area is 103 Å². The van der Waals surface area contributed by atoms with Crippen molar-refractivity contribution in [1.82, 2.24) is 0 Å². The Balaban J connectivity index is 2.82. The molecular formula is C12H10ClFO3. The number of halogens is 2. The summed E-state index contributed by atoms with van der Waals surface area (Å²) in [5.74, 6) is -1.28. The maximum Gasteiger partial charge on any atom is 0.328 e. The monoisotopic (exact) mass is 256 g/mol. The van der Waals surface area contributed by atoms with Crippen LogP contribution in [0.4, 0.5) is 4.39 Å². The number of carboxylic acid groups (broad SMARTS) is 1. The number of carbonyl (C=O) groups is 1. The van der Waals surface area contributed by atoms with Gasteiger partial charge in [-0.15, -0.1) is 0 Å². The summed E-state index contributed by atoms with van der Waals surface area (Å²) in [6.07, 6.45) is 3.77. The molecule has 0 spiro atoms. The third kappa shape index (κ3) is 5.17. The van der Waals surface area contributed by atoms with Gasteiger partial charge in [-0.25, -0.2) is 9.18 Å². The summed E-state index contributed by atoms with van der Waals surface area (Å²) >= 11 is 5.30. The van der Waals surface area contributed by atoms with Crippen LogP contribution in [0.15, 0.2) is 35.9 Å². The Kier molecular flexibility index (Phi) is 5.23. The van der Waals surface area contributed by atoms with Gasteiger partial charge >= 0.3 is 5.97 Å². The predicted octanol–water partition coefficient (Wildman–Crippen LogP) is 3.05. The van der Waals surface area contributed by atoms with Gasteiger partial charge in [0.1, 0.15) is 18.2 Å². The third-order valence-corrected chi connectivity index (χ3v) is 1.93. The normalized spacial score (nSPS) is 11.2. The molecule has 1 rings (SSSR count).